The van der Waals surface area contributed by atoms with Crippen LogP contribution < -0.4 is 5.32 Å². The van der Waals surface area contributed by atoms with Crippen molar-refractivity contribution < 1.29 is 4.79 Å². The summed E-state index contributed by atoms with van der Waals surface area (Å²) in [4.78, 5) is 14.1. The molecule has 1 N–H and O–H groups in total. The topological polar surface area (TPSA) is 32.3 Å². The number of carbonyl (C=O) groups is 1. The number of urea groups is 1. The fourth-order valence-corrected chi connectivity index (χ4v) is 3.43. The van der Waals surface area contributed by atoms with E-state index >= 15 is 0 Å². The average molecular weight is 307 g/mol. The molecule has 1 unspecified atom stereocenters. The zero-order valence-electron chi connectivity index (χ0n) is 10.9. The Morgan fingerprint density at radius 2 is 2.30 bits per heavy atom. The molecule has 2 amide bonds. The fourth-order valence-electron chi connectivity index (χ4n) is 2.49. The van der Waals surface area contributed by atoms with E-state index in [2.05, 4.69) is 22.1 Å². The van der Waals surface area contributed by atoms with Gasteiger partial charge in [-0.2, -0.15) is 11.3 Å². The number of rotatable bonds is 2. The number of amides is 2. The lowest BCUT2D eigenvalue weighted by molar-refractivity contribution is 0.222. The Morgan fingerprint density at radius 1 is 1.40 bits per heavy atom. The summed E-state index contributed by atoms with van der Waals surface area (Å²) in [5.41, 5.74) is 2.08. The molecule has 1 fully saturated rings. The molecular weight excluding hydrogens is 292 g/mol. The molecule has 2 aromatic rings. The number of likely N-dealkylation sites (tertiary alicyclic amines) is 1. The zero-order chi connectivity index (χ0) is 13.9. The summed E-state index contributed by atoms with van der Waals surface area (Å²) in [5.74, 6) is 0.464. The van der Waals surface area contributed by atoms with Gasteiger partial charge in [-0.1, -0.05) is 17.7 Å². The third-order valence-electron chi connectivity index (χ3n) is 3.57. The van der Waals surface area contributed by atoms with Gasteiger partial charge in [-0.15, -0.1) is 0 Å². The first-order chi connectivity index (χ1) is 9.72. The van der Waals surface area contributed by atoms with Crippen molar-refractivity contribution in [3.63, 3.8) is 0 Å². The maximum atomic E-state index is 12.2. The van der Waals surface area contributed by atoms with Gasteiger partial charge in [0.25, 0.3) is 0 Å². The van der Waals surface area contributed by atoms with Crippen LogP contribution in [-0.2, 0) is 0 Å². The summed E-state index contributed by atoms with van der Waals surface area (Å²) in [6.45, 7) is 1.58. The van der Waals surface area contributed by atoms with Gasteiger partial charge >= 0.3 is 6.03 Å². The van der Waals surface area contributed by atoms with Gasteiger partial charge < -0.3 is 10.2 Å². The second-order valence-electron chi connectivity index (χ2n) is 4.93. The van der Waals surface area contributed by atoms with E-state index in [-0.39, 0.29) is 6.03 Å². The Labute approximate surface area is 127 Å². The van der Waals surface area contributed by atoms with E-state index < -0.39 is 0 Å². The highest BCUT2D eigenvalue weighted by Crippen LogP contribution is 2.29. The van der Waals surface area contributed by atoms with Crippen LogP contribution in [0.2, 0.25) is 5.02 Å². The Bertz CT molecular complexity index is 600. The highest BCUT2D eigenvalue weighted by Gasteiger charge is 2.27. The number of hydrogen-bond acceptors (Lipinski definition) is 2. The number of anilines is 1. The van der Waals surface area contributed by atoms with E-state index in [4.69, 9.17) is 11.6 Å². The van der Waals surface area contributed by atoms with Crippen LogP contribution in [0.3, 0.4) is 0 Å². The first-order valence-corrected chi connectivity index (χ1v) is 7.88. The lowest BCUT2D eigenvalue weighted by atomic mass is 10.0. The lowest BCUT2D eigenvalue weighted by Gasteiger charge is -2.17. The van der Waals surface area contributed by atoms with Crippen LogP contribution in [0.5, 0.6) is 0 Å². The molecule has 0 bridgehead atoms. The Balaban J connectivity index is 1.61. The van der Waals surface area contributed by atoms with Crippen molar-refractivity contribution in [3.05, 3.63) is 51.7 Å². The van der Waals surface area contributed by atoms with E-state index in [0.717, 1.165) is 25.2 Å². The first-order valence-electron chi connectivity index (χ1n) is 6.56. The average Bonchev–Trinajstić information content (AvgIpc) is 3.10. The quantitative estimate of drug-likeness (QED) is 0.875. The molecule has 0 spiro atoms. The summed E-state index contributed by atoms with van der Waals surface area (Å²) in [6.07, 6.45) is 1.03. The Morgan fingerprint density at radius 3 is 3.05 bits per heavy atom. The number of nitrogens with one attached hydrogen (secondary N) is 1. The van der Waals surface area contributed by atoms with E-state index in [0.29, 0.717) is 10.9 Å². The summed E-state index contributed by atoms with van der Waals surface area (Å²) in [6, 6.07) is 9.32. The molecule has 1 aromatic heterocycles. The molecule has 0 aliphatic carbocycles. The summed E-state index contributed by atoms with van der Waals surface area (Å²) >= 11 is 7.62. The van der Waals surface area contributed by atoms with Crippen molar-refractivity contribution in [2.75, 3.05) is 18.4 Å². The first kappa shape index (κ1) is 13.5. The van der Waals surface area contributed by atoms with Crippen LogP contribution >= 0.6 is 22.9 Å². The van der Waals surface area contributed by atoms with Crippen LogP contribution in [0, 0.1) is 0 Å². The van der Waals surface area contributed by atoms with Gasteiger partial charge in [0.15, 0.2) is 0 Å². The molecule has 3 nitrogen and oxygen atoms in total. The summed E-state index contributed by atoms with van der Waals surface area (Å²) < 4.78 is 0. The van der Waals surface area contributed by atoms with Gasteiger partial charge in [0, 0.05) is 29.7 Å². The largest absolute Gasteiger partial charge is 0.324 e. The van der Waals surface area contributed by atoms with Crippen molar-refractivity contribution in [2.45, 2.75) is 12.3 Å². The van der Waals surface area contributed by atoms with E-state index in [1.54, 1.807) is 23.5 Å². The summed E-state index contributed by atoms with van der Waals surface area (Å²) in [5, 5.41) is 7.78. The van der Waals surface area contributed by atoms with Gasteiger partial charge in [0.1, 0.15) is 0 Å². The van der Waals surface area contributed by atoms with E-state index in [1.165, 1.54) is 5.56 Å². The molecule has 1 aliphatic rings. The van der Waals surface area contributed by atoms with E-state index in [1.807, 2.05) is 17.0 Å². The highest BCUT2D eigenvalue weighted by molar-refractivity contribution is 7.08. The fraction of sp³-hybridized carbons (Fsp3) is 0.267. The van der Waals surface area contributed by atoms with Gasteiger partial charge in [0.2, 0.25) is 0 Å². The van der Waals surface area contributed by atoms with Crippen LogP contribution in [0.15, 0.2) is 41.1 Å². The maximum Gasteiger partial charge on any atom is 0.321 e. The Hall–Kier alpha value is -1.52. The van der Waals surface area contributed by atoms with Crippen molar-refractivity contribution in [3.8, 4) is 0 Å². The monoisotopic (exact) mass is 306 g/mol. The van der Waals surface area contributed by atoms with Crippen LogP contribution in [-0.4, -0.2) is 24.0 Å². The minimum Gasteiger partial charge on any atom is -0.324 e. The minimum atomic E-state index is -0.0509. The molecule has 3 rings (SSSR count). The van der Waals surface area contributed by atoms with Gasteiger partial charge in [0.05, 0.1) is 0 Å². The molecule has 1 aliphatic heterocycles. The number of nitrogens with zero attached hydrogens (tertiary/aromatic N) is 1. The molecule has 1 saturated heterocycles. The third kappa shape index (κ3) is 2.97. The highest BCUT2D eigenvalue weighted by atomic mass is 35.5. The molecular formula is C15H15ClN2OS. The second-order valence-corrected chi connectivity index (χ2v) is 6.15. The molecule has 20 heavy (non-hydrogen) atoms. The van der Waals surface area contributed by atoms with E-state index in [9.17, 15) is 4.79 Å². The normalized spacial score (nSPS) is 18.2. The Kier molecular flexibility index (Phi) is 3.94. The third-order valence-corrected chi connectivity index (χ3v) is 4.50. The number of hydrogen-bond donors (Lipinski definition) is 1. The standard InChI is InChI=1S/C15H15ClN2OS/c16-13-2-1-3-14(8-13)17-15(19)18-6-4-11(9-18)12-5-7-20-10-12/h1-3,5,7-8,10-11H,4,6,9H2,(H,17,19). The van der Waals surface area contributed by atoms with Gasteiger partial charge in [-0.05, 0) is 47.0 Å². The predicted molar refractivity (Wildman–Crippen MR) is 83.7 cm³/mol. The van der Waals surface area contributed by atoms with Gasteiger partial charge in [-0.3, -0.25) is 0 Å². The molecule has 2 heterocycles. The predicted octanol–water partition coefficient (Wildman–Crippen LogP) is 4.42. The minimum absolute atomic E-state index is 0.0509. The molecule has 5 heteroatoms. The maximum absolute atomic E-state index is 12.2. The number of thiophene rings is 1. The second kappa shape index (κ2) is 5.85. The van der Waals surface area contributed by atoms with Crippen molar-refractivity contribution in [2.24, 2.45) is 0 Å². The van der Waals surface area contributed by atoms with Crippen LogP contribution in [0.1, 0.15) is 17.9 Å². The molecule has 0 radical (unpaired) electrons. The van der Waals surface area contributed by atoms with Crippen molar-refractivity contribution >= 4 is 34.7 Å². The number of halogens is 1. The zero-order valence-corrected chi connectivity index (χ0v) is 12.5. The van der Waals surface area contributed by atoms with Gasteiger partial charge in [-0.25, -0.2) is 4.79 Å². The van der Waals surface area contributed by atoms with Crippen LogP contribution in [0.25, 0.3) is 0 Å². The molecule has 0 saturated carbocycles. The van der Waals surface area contributed by atoms with Crippen molar-refractivity contribution in [1.29, 1.82) is 0 Å². The van der Waals surface area contributed by atoms with Crippen LogP contribution in [0.4, 0.5) is 10.5 Å². The van der Waals surface area contributed by atoms with Crippen molar-refractivity contribution in [1.82, 2.24) is 4.90 Å². The molecule has 104 valence electrons. The molecule has 1 aromatic carbocycles. The SMILES string of the molecule is O=C(Nc1cccc(Cl)c1)N1CCC(c2ccsc2)C1. The number of benzene rings is 1. The smallest absolute Gasteiger partial charge is 0.321 e. The number of carbonyl (C=O) groups excluding carboxylic acids is 1. The lowest BCUT2D eigenvalue weighted by Crippen LogP contribution is -2.32. The molecule has 1 atom stereocenters. The summed E-state index contributed by atoms with van der Waals surface area (Å²) in [7, 11) is 0.